The maximum atomic E-state index is 4.85. The summed E-state index contributed by atoms with van der Waals surface area (Å²) in [5.41, 5.74) is 11.2. The Hall–Kier alpha value is -6.90. The molecule has 248 valence electrons. The molecule has 2 nitrogen and oxygen atoms in total. The summed E-state index contributed by atoms with van der Waals surface area (Å²) in [6.45, 7) is 14.0. The van der Waals surface area contributed by atoms with Gasteiger partial charge in [-0.05, 0) is 74.2 Å². The molecule has 10 aromatic rings. The van der Waals surface area contributed by atoms with E-state index in [-0.39, 0.29) is 5.92 Å². The van der Waals surface area contributed by atoms with E-state index in [1.54, 1.807) is 0 Å². The van der Waals surface area contributed by atoms with Crippen molar-refractivity contribution in [3.8, 4) is 0 Å². The van der Waals surface area contributed by atoms with Gasteiger partial charge >= 0.3 is 0 Å². The summed E-state index contributed by atoms with van der Waals surface area (Å²) in [5.74, 6) is -0.0892. The van der Waals surface area contributed by atoms with Crippen LogP contribution < -0.4 is 0 Å². The van der Waals surface area contributed by atoms with E-state index >= 15 is 0 Å². The van der Waals surface area contributed by atoms with Crippen LogP contribution in [0.5, 0.6) is 0 Å². The van der Waals surface area contributed by atoms with E-state index in [1.807, 2.05) is 6.08 Å². The maximum absolute atomic E-state index is 4.85. The van der Waals surface area contributed by atoms with Crippen LogP contribution in [0.15, 0.2) is 195 Å². The van der Waals surface area contributed by atoms with Crippen molar-refractivity contribution in [2.45, 2.75) is 0 Å². The van der Waals surface area contributed by atoms with Crippen LogP contribution in [-0.2, 0) is 0 Å². The molecule has 0 fully saturated rings. The van der Waals surface area contributed by atoms with Crippen molar-refractivity contribution in [3.63, 3.8) is 0 Å². The molecule has 0 N–H and O–H groups in total. The number of allylic oxidation sites excluding steroid dienone is 9. The highest BCUT2D eigenvalue weighted by Gasteiger charge is 2.27. The van der Waals surface area contributed by atoms with Crippen LogP contribution in [0.1, 0.15) is 5.56 Å². The lowest BCUT2D eigenvalue weighted by atomic mass is 9.82. The summed E-state index contributed by atoms with van der Waals surface area (Å²) >= 11 is 0. The van der Waals surface area contributed by atoms with E-state index in [0.717, 1.165) is 39.0 Å². The molecule has 1 atom stereocenters. The lowest BCUT2D eigenvalue weighted by Crippen LogP contribution is -2.11. The van der Waals surface area contributed by atoms with Gasteiger partial charge in [0.05, 0.1) is 27.6 Å². The number of nitrogens with zero attached hydrogens (tertiary/aromatic N) is 2. The zero-order chi connectivity index (χ0) is 35.4. The van der Waals surface area contributed by atoms with Gasteiger partial charge in [-0.3, -0.25) is 0 Å². The molecule has 0 saturated heterocycles. The standard InChI is InChI=1S/C51H34N2/c1-4-37(36-26-25-33-15-5-6-17-35(33)29-36)40-20-10-9-18-38(40)31(2)32(3)52-44-23-13-11-21-41(44)49-47(52)30-43-48-39-19-8-7-16-34(39)27-28-46(48)53-45-24-14-12-22-42(45)50(49)51(43)53/h4-30,38H,1-3H2/b40-37+/t38-/m1/s1. The molecule has 3 aromatic heterocycles. The molecule has 53 heavy (non-hydrogen) atoms. The minimum atomic E-state index is -0.0892. The van der Waals surface area contributed by atoms with E-state index in [4.69, 9.17) is 13.2 Å². The molecule has 2 heteroatoms. The number of hydrogen-bond acceptors (Lipinski definition) is 0. The van der Waals surface area contributed by atoms with Gasteiger partial charge in [0.2, 0.25) is 0 Å². The summed E-state index contributed by atoms with van der Waals surface area (Å²) in [7, 11) is 0. The Kier molecular flexibility index (Phi) is 6.21. The lowest BCUT2D eigenvalue weighted by molar-refractivity contribution is 0.939. The molecule has 0 radical (unpaired) electrons. The van der Waals surface area contributed by atoms with Crippen molar-refractivity contribution in [3.05, 3.63) is 200 Å². The first-order chi connectivity index (χ1) is 26.1. The smallest absolute Gasteiger partial charge is 0.0628 e. The quantitative estimate of drug-likeness (QED) is 0.161. The van der Waals surface area contributed by atoms with Crippen molar-refractivity contribution >= 4 is 92.7 Å². The molecule has 0 unspecified atom stereocenters. The highest BCUT2D eigenvalue weighted by molar-refractivity contribution is 6.38. The van der Waals surface area contributed by atoms with Gasteiger partial charge in [0.25, 0.3) is 0 Å². The Morgan fingerprint density at radius 1 is 0.547 bits per heavy atom. The predicted molar refractivity (Wildman–Crippen MR) is 229 cm³/mol. The highest BCUT2D eigenvalue weighted by atomic mass is 15.0. The van der Waals surface area contributed by atoms with Gasteiger partial charge in [-0.1, -0.05) is 153 Å². The topological polar surface area (TPSA) is 9.34 Å². The zero-order valence-electron chi connectivity index (χ0n) is 29.2. The van der Waals surface area contributed by atoms with Gasteiger partial charge in [0.1, 0.15) is 0 Å². The Morgan fingerprint density at radius 3 is 2.04 bits per heavy atom. The van der Waals surface area contributed by atoms with Crippen molar-refractivity contribution < 1.29 is 0 Å². The minimum absolute atomic E-state index is 0.0892. The van der Waals surface area contributed by atoms with Crippen LogP contribution >= 0.6 is 0 Å². The molecule has 0 bridgehead atoms. The van der Waals surface area contributed by atoms with Gasteiger partial charge in [0, 0.05) is 43.9 Å². The molecule has 1 aliphatic rings. The van der Waals surface area contributed by atoms with Crippen LogP contribution in [-0.4, -0.2) is 8.97 Å². The molecule has 0 amide bonds. The Bertz CT molecular complexity index is 3330. The van der Waals surface area contributed by atoms with Crippen LogP contribution in [0.2, 0.25) is 0 Å². The zero-order valence-corrected chi connectivity index (χ0v) is 29.2. The van der Waals surface area contributed by atoms with Crippen LogP contribution in [0, 0.1) is 5.92 Å². The van der Waals surface area contributed by atoms with Gasteiger partial charge in [-0.15, -0.1) is 0 Å². The number of para-hydroxylation sites is 2. The monoisotopic (exact) mass is 674 g/mol. The van der Waals surface area contributed by atoms with Crippen molar-refractivity contribution in [1.29, 1.82) is 0 Å². The van der Waals surface area contributed by atoms with E-state index in [2.05, 4.69) is 173 Å². The number of aromatic nitrogens is 2. The molecule has 0 spiro atoms. The third-order valence-corrected chi connectivity index (χ3v) is 11.6. The van der Waals surface area contributed by atoms with Crippen LogP contribution in [0.3, 0.4) is 0 Å². The number of benzene rings is 7. The SMILES string of the molecule is C=C/C(=C1/C=CC=C[C@@H]1C(=C)C(=C)n1c2ccccc2c2c3c4ccccc4n4c5ccc6ccccc6c5c(cc21)c34)c1ccc2ccccc2c1. The Labute approximate surface area is 306 Å². The molecular formula is C51H34N2. The summed E-state index contributed by atoms with van der Waals surface area (Å²) in [4.78, 5) is 0. The molecule has 0 aliphatic heterocycles. The highest BCUT2D eigenvalue weighted by Crippen LogP contribution is 2.48. The summed E-state index contributed by atoms with van der Waals surface area (Å²) in [6, 6.07) is 48.5. The first kappa shape index (κ1) is 29.8. The second-order valence-electron chi connectivity index (χ2n) is 14.3. The average molecular weight is 675 g/mol. The van der Waals surface area contributed by atoms with E-state index < -0.39 is 0 Å². The van der Waals surface area contributed by atoms with Crippen molar-refractivity contribution in [2.24, 2.45) is 5.92 Å². The molecule has 7 aromatic carbocycles. The van der Waals surface area contributed by atoms with Crippen molar-refractivity contribution in [1.82, 2.24) is 8.97 Å². The fourth-order valence-electron chi connectivity index (χ4n) is 9.26. The average Bonchev–Trinajstić information content (AvgIpc) is 3.85. The Balaban J connectivity index is 1.19. The molecule has 11 rings (SSSR count). The third-order valence-electron chi connectivity index (χ3n) is 11.6. The van der Waals surface area contributed by atoms with Gasteiger partial charge in [0.15, 0.2) is 0 Å². The first-order valence-electron chi connectivity index (χ1n) is 18.2. The number of fused-ring (bicyclic) bond motifs is 13. The van der Waals surface area contributed by atoms with E-state index in [9.17, 15) is 0 Å². The normalized spacial score (nSPS) is 15.7. The molecule has 0 saturated carbocycles. The molecule has 1 aliphatic carbocycles. The largest absolute Gasteiger partial charge is 0.310 e. The third kappa shape index (κ3) is 4.03. The van der Waals surface area contributed by atoms with Crippen LogP contribution in [0.25, 0.3) is 92.7 Å². The predicted octanol–water partition coefficient (Wildman–Crippen LogP) is 13.7. The number of rotatable bonds is 5. The number of hydrogen-bond donors (Lipinski definition) is 0. The first-order valence-corrected chi connectivity index (χ1v) is 18.2. The van der Waals surface area contributed by atoms with Crippen molar-refractivity contribution in [2.75, 3.05) is 0 Å². The van der Waals surface area contributed by atoms with Gasteiger partial charge in [-0.2, -0.15) is 0 Å². The summed E-state index contributed by atoms with van der Waals surface area (Å²) in [6.07, 6.45) is 10.7. The summed E-state index contributed by atoms with van der Waals surface area (Å²) < 4.78 is 4.85. The molecule has 3 heterocycles. The molecular weight excluding hydrogens is 641 g/mol. The maximum Gasteiger partial charge on any atom is 0.0628 e. The van der Waals surface area contributed by atoms with E-state index in [1.165, 1.54) is 70.4 Å². The summed E-state index contributed by atoms with van der Waals surface area (Å²) in [5, 5.41) is 12.5. The van der Waals surface area contributed by atoms with Crippen LogP contribution in [0.4, 0.5) is 0 Å². The minimum Gasteiger partial charge on any atom is -0.310 e. The van der Waals surface area contributed by atoms with Gasteiger partial charge < -0.3 is 8.97 Å². The van der Waals surface area contributed by atoms with E-state index in [0.29, 0.717) is 0 Å². The Morgan fingerprint density at radius 2 is 1.23 bits per heavy atom. The second-order valence-corrected chi connectivity index (χ2v) is 14.3. The fourth-order valence-corrected chi connectivity index (χ4v) is 9.26. The second kappa shape index (κ2) is 11.0. The van der Waals surface area contributed by atoms with Gasteiger partial charge in [-0.25, -0.2) is 0 Å². The fraction of sp³-hybridized carbons (Fsp3) is 0.0196. The lowest BCUT2D eigenvalue weighted by Gasteiger charge is -2.25.